The van der Waals surface area contributed by atoms with Crippen LogP contribution in [-0.4, -0.2) is 43.3 Å². The third-order valence-electron chi connectivity index (χ3n) is 4.65. The van der Waals surface area contributed by atoms with Gasteiger partial charge in [0.15, 0.2) is 5.96 Å². The fourth-order valence-electron chi connectivity index (χ4n) is 2.78. The highest BCUT2D eigenvalue weighted by atomic mass is 16.5. The third-order valence-corrected chi connectivity index (χ3v) is 4.65. The van der Waals surface area contributed by atoms with Crippen LogP contribution in [0, 0.1) is 5.92 Å². The first-order chi connectivity index (χ1) is 13.3. The van der Waals surface area contributed by atoms with Gasteiger partial charge in [-0.05, 0) is 55.9 Å². The minimum atomic E-state index is 0.625. The van der Waals surface area contributed by atoms with Crippen LogP contribution in [0.3, 0.4) is 0 Å². The number of aliphatic imine (C=N–C) groups is 1. The fraction of sp³-hybridized carbons (Fsp3) is 0.550. The molecule has 0 atom stereocenters. The number of nitrogens with zero attached hydrogens (tertiary/aromatic N) is 3. The van der Waals surface area contributed by atoms with Crippen LogP contribution >= 0.6 is 0 Å². The Morgan fingerprint density at radius 2 is 2.00 bits per heavy atom. The van der Waals surface area contributed by atoms with E-state index < -0.39 is 0 Å². The Labute approximate surface area is 160 Å². The number of rotatable bonds is 10. The van der Waals surface area contributed by atoms with E-state index in [4.69, 9.17) is 9.26 Å². The largest absolute Gasteiger partial charge is 0.497 e. The van der Waals surface area contributed by atoms with E-state index >= 15 is 0 Å². The summed E-state index contributed by atoms with van der Waals surface area (Å²) in [6, 6.07) is 7.66. The normalized spacial score (nSPS) is 14.2. The number of hydrogen-bond donors (Lipinski definition) is 2. The maximum atomic E-state index is 5.36. The van der Waals surface area contributed by atoms with Crippen molar-refractivity contribution in [3.63, 3.8) is 0 Å². The number of aromatic nitrogens is 2. The van der Waals surface area contributed by atoms with Crippen molar-refractivity contribution >= 4 is 5.96 Å². The van der Waals surface area contributed by atoms with Gasteiger partial charge in [-0.3, -0.25) is 4.99 Å². The molecule has 3 rings (SSSR count). The lowest BCUT2D eigenvalue weighted by atomic mass is 10.2. The van der Waals surface area contributed by atoms with Gasteiger partial charge < -0.3 is 19.9 Å². The Hall–Kier alpha value is -2.57. The monoisotopic (exact) mass is 371 g/mol. The van der Waals surface area contributed by atoms with Crippen LogP contribution in [0.4, 0.5) is 0 Å². The van der Waals surface area contributed by atoms with Crippen LogP contribution in [-0.2, 0) is 6.42 Å². The predicted octanol–water partition coefficient (Wildman–Crippen LogP) is 3.03. The highest BCUT2D eigenvalue weighted by Crippen LogP contribution is 2.27. The zero-order chi connectivity index (χ0) is 18.9. The number of methoxy groups -OCH3 is 1. The summed E-state index contributed by atoms with van der Waals surface area (Å²) >= 11 is 0. The maximum absolute atomic E-state index is 5.36. The molecule has 1 saturated carbocycles. The van der Waals surface area contributed by atoms with Crippen molar-refractivity contribution in [2.45, 2.75) is 38.5 Å². The van der Waals surface area contributed by atoms with Crippen molar-refractivity contribution in [1.29, 1.82) is 0 Å². The number of guanidine groups is 1. The summed E-state index contributed by atoms with van der Waals surface area (Å²) in [5, 5.41) is 10.8. The number of benzene rings is 1. The Morgan fingerprint density at radius 1 is 1.19 bits per heavy atom. The van der Waals surface area contributed by atoms with Crippen LogP contribution in [0.2, 0.25) is 0 Å². The minimum absolute atomic E-state index is 0.625. The van der Waals surface area contributed by atoms with E-state index in [0.717, 1.165) is 62.0 Å². The second-order valence-electron chi connectivity index (χ2n) is 6.87. The summed E-state index contributed by atoms with van der Waals surface area (Å²) < 4.78 is 10.5. The molecule has 0 bridgehead atoms. The van der Waals surface area contributed by atoms with Gasteiger partial charge in [0.1, 0.15) is 5.75 Å². The fourth-order valence-corrected chi connectivity index (χ4v) is 2.78. The molecule has 0 aliphatic heterocycles. The lowest BCUT2D eigenvalue weighted by molar-refractivity contribution is 0.374. The number of aryl methyl sites for hydroxylation is 1. The molecule has 7 nitrogen and oxygen atoms in total. The first kappa shape index (κ1) is 19.2. The van der Waals surface area contributed by atoms with Crippen molar-refractivity contribution in [3.8, 4) is 17.1 Å². The summed E-state index contributed by atoms with van der Waals surface area (Å²) in [5.74, 6) is 3.88. The van der Waals surface area contributed by atoms with Gasteiger partial charge in [-0.1, -0.05) is 11.6 Å². The van der Waals surface area contributed by atoms with Gasteiger partial charge in [-0.15, -0.1) is 0 Å². The van der Waals surface area contributed by atoms with E-state index in [1.807, 2.05) is 31.3 Å². The highest BCUT2D eigenvalue weighted by Gasteiger charge is 2.20. The average molecular weight is 371 g/mol. The van der Waals surface area contributed by atoms with Gasteiger partial charge >= 0.3 is 0 Å². The highest BCUT2D eigenvalue weighted by molar-refractivity contribution is 5.79. The van der Waals surface area contributed by atoms with Gasteiger partial charge in [0, 0.05) is 32.1 Å². The van der Waals surface area contributed by atoms with E-state index in [1.54, 1.807) is 7.11 Å². The maximum Gasteiger partial charge on any atom is 0.226 e. The van der Waals surface area contributed by atoms with E-state index in [2.05, 4.69) is 25.8 Å². The number of nitrogens with one attached hydrogen (secondary N) is 2. The molecule has 1 aliphatic carbocycles. The van der Waals surface area contributed by atoms with Gasteiger partial charge in [-0.25, -0.2) is 0 Å². The zero-order valence-corrected chi connectivity index (χ0v) is 16.2. The second-order valence-corrected chi connectivity index (χ2v) is 6.87. The van der Waals surface area contributed by atoms with Crippen molar-refractivity contribution in [1.82, 2.24) is 20.8 Å². The van der Waals surface area contributed by atoms with Gasteiger partial charge in [0.05, 0.1) is 7.11 Å². The van der Waals surface area contributed by atoms with Gasteiger partial charge in [-0.2, -0.15) is 4.98 Å². The molecule has 27 heavy (non-hydrogen) atoms. The van der Waals surface area contributed by atoms with E-state index in [-0.39, 0.29) is 0 Å². The molecule has 1 heterocycles. The van der Waals surface area contributed by atoms with Crippen LogP contribution in [0.15, 0.2) is 33.8 Å². The molecule has 7 heteroatoms. The molecule has 2 aromatic rings. The summed E-state index contributed by atoms with van der Waals surface area (Å²) in [6.45, 7) is 1.96. The van der Waals surface area contributed by atoms with Crippen LogP contribution < -0.4 is 15.4 Å². The Balaban J connectivity index is 1.31. The van der Waals surface area contributed by atoms with Crippen molar-refractivity contribution in [3.05, 3.63) is 30.2 Å². The molecule has 0 saturated heterocycles. The quantitative estimate of drug-likeness (QED) is 0.379. The average Bonchev–Trinajstić information content (AvgIpc) is 3.42. The second kappa shape index (κ2) is 9.94. The molecule has 0 amide bonds. The molecule has 1 aromatic heterocycles. The van der Waals surface area contributed by atoms with Gasteiger partial charge in [0.2, 0.25) is 11.7 Å². The molecule has 0 spiro atoms. The molecule has 0 unspecified atom stereocenters. The summed E-state index contributed by atoms with van der Waals surface area (Å²) in [7, 11) is 3.47. The Bertz CT molecular complexity index is 722. The predicted molar refractivity (Wildman–Crippen MR) is 106 cm³/mol. The van der Waals surface area contributed by atoms with Crippen LogP contribution in [0.1, 0.15) is 38.0 Å². The summed E-state index contributed by atoms with van der Waals surface area (Å²) in [6.07, 6.45) is 6.72. The van der Waals surface area contributed by atoms with Crippen LogP contribution in [0.5, 0.6) is 5.75 Å². The molecular formula is C20H29N5O2. The zero-order valence-electron chi connectivity index (χ0n) is 16.2. The lowest BCUT2D eigenvalue weighted by Gasteiger charge is -2.11. The van der Waals surface area contributed by atoms with E-state index in [0.29, 0.717) is 11.7 Å². The van der Waals surface area contributed by atoms with Crippen molar-refractivity contribution in [2.75, 3.05) is 27.2 Å². The lowest BCUT2D eigenvalue weighted by Crippen LogP contribution is -2.38. The smallest absolute Gasteiger partial charge is 0.226 e. The topological polar surface area (TPSA) is 84.6 Å². The molecule has 1 fully saturated rings. The molecule has 2 N–H and O–H groups in total. The van der Waals surface area contributed by atoms with Crippen LogP contribution in [0.25, 0.3) is 11.4 Å². The first-order valence-corrected chi connectivity index (χ1v) is 9.70. The standard InChI is InChI=1S/C20H29N5O2/c1-21-20(23-14-15-7-8-15)22-13-5-3-4-6-18-24-19(25-27-18)16-9-11-17(26-2)12-10-16/h9-12,15H,3-8,13-14H2,1-2H3,(H2,21,22,23). The Morgan fingerprint density at radius 3 is 2.70 bits per heavy atom. The third kappa shape index (κ3) is 6.27. The molecule has 1 aromatic carbocycles. The molecule has 146 valence electrons. The van der Waals surface area contributed by atoms with Crippen molar-refractivity contribution < 1.29 is 9.26 Å². The molecular weight excluding hydrogens is 342 g/mol. The van der Waals surface area contributed by atoms with E-state index in [1.165, 1.54) is 12.8 Å². The SMILES string of the molecule is CN=C(NCCCCCc1nc(-c2ccc(OC)cc2)no1)NCC1CC1. The molecule has 1 aliphatic rings. The summed E-state index contributed by atoms with van der Waals surface area (Å²) in [5.41, 5.74) is 0.931. The molecule has 0 radical (unpaired) electrons. The van der Waals surface area contributed by atoms with Gasteiger partial charge in [0.25, 0.3) is 0 Å². The van der Waals surface area contributed by atoms with Crippen molar-refractivity contribution in [2.24, 2.45) is 10.9 Å². The van der Waals surface area contributed by atoms with E-state index in [9.17, 15) is 0 Å². The Kier molecular flexibility index (Phi) is 7.07. The first-order valence-electron chi connectivity index (χ1n) is 9.70. The summed E-state index contributed by atoms with van der Waals surface area (Å²) in [4.78, 5) is 8.73. The minimum Gasteiger partial charge on any atom is -0.497 e. The number of ether oxygens (including phenoxy) is 1. The number of hydrogen-bond acceptors (Lipinski definition) is 5. The number of unbranched alkanes of at least 4 members (excludes halogenated alkanes) is 2.